The van der Waals surface area contributed by atoms with Gasteiger partial charge in [-0.1, -0.05) is 12.1 Å². The minimum atomic E-state index is -0.429. The van der Waals surface area contributed by atoms with Crippen LogP contribution in [0.2, 0.25) is 0 Å². The number of hydrogen-bond acceptors (Lipinski definition) is 6. The number of para-hydroxylation sites is 1. The zero-order valence-electron chi connectivity index (χ0n) is 15.0. The molecule has 2 heterocycles. The Morgan fingerprint density at radius 3 is 2.52 bits per heavy atom. The second kappa shape index (κ2) is 8.83. The summed E-state index contributed by atoms with van der Waals surface area (Å²) in [6.07, 6.45) is 0.737. The van der Waals surface area contributed by atoms with Gasteiger partial charge >= 0.3 is 5.97 Å². The van der Waals surface area contributed by atoms with E-state index in [1.54, 1.807) is 30.6 Å². The van der Waals surface area contributed by atoms with Crippen molar-refractivity contribution in [1.82, 2.24) is 5.32 Å². The van der Waals surface area contributed by atoms with Gasteiger partial charge in [0.25, 0.3) is 5.91 Å². The van der Waals surface area contributed by atoms with E-state index in [1.165, 1.54) is 12.0 Å². The third kappa shape index (κ3) is 4.56. The van der Waals surface area contributed by atoms with Crippen LogP contribution in [0.1, 0.15) is 24.2 Å². The highest BCUT2D eigenvalue weighted by Crippen LogP contribution is 2.34. The summed E-state index contributed by atoms with van der Waals surface area (Å²) < 4.78 is 10.1. The lowest BCUT2D eigenvalue weighted by Gasteiger charge is -2.05. The number of methoxy groups -OCH3 is 2. The number of carbonyl (C=O) groups is 2. The van der Waals surface area contributed by atoms with Gasteiger partial charge in [0, 0.05) is 21.9 Å². The molecule has 0 bridgehead atoms. The molecule has 0 saturated carbocycles. The number of esters is 1. The van der Waals surface area contributed by atoms with Gasteiger partial charge in [0.15, 0.2) is 0 Å². The van der Waals surface area contributed by atoms with Crippen LogP contribution >= 0.6 is 22.7 Å². The molecular formula is C20H19NO4S2. The van der Waals surface area contributed by atoms with E-state index in [1.807, 2.05) is 24.3 Å². The second-order valence-corrected chi connectivity index (χ2v) is 7.88. The molecule has 1 aromatic carbocycles. The number of ether oxygens (including phenoxy) is 2. The Balaban J connectivity index is 1.57. The lowest BCUT2D eigenvalue weighted by molar-refractivity contribution is 0.0606. The monoisotopic (exact) mass is 401 g/mol. The molecule has 0 radical (unpaired) electrons. The van der Waals surface area contributed by atoms with Gasteiger partial charge in [-0.05, 0) is 42.8 Å². The quantitative estimate of drug-likeness (QED) is 0.601. The normalized spacial score (nSPS) is 10.4. The number of amides is 1. The van der Waals surface area contributed by atoms with Gasteiger partial charge in [0.05, 0.1) is 19.1 Å². The topological polar surface area (TPSA) is 64.6 Å². The molecule has 3 aromatic rings. The number of rotatable bonds is 7. The smallest absolute Gasteiger partial charge is 0.348 e. The van der Waals surface area contributed by atoms with Crippen molar-refractivity contribution < 1.29 is 19.1 Å². The zero-order chi connectivity index (χ0) is 19.2. The number of nitrogens with one attached hydrogen (secondary N) is 1. The highest BCUT2D eigenvalue weighted by atomic mass is 32.1. The molecule has 140 valence electrons. The van der Waals surface area contributed by atoms with Gasteiger partial charge in [0.2, 0.25) is 0 Å². The molecule has 0 fully saturated rings. The average Bonchev–Trinajstić information content (AvgIpc) is 3.37. The molecule has 0 aliphatic rings. The van der Waals surface area contributed by atoms with Crippen LogP contribution in [-0.4, -0.2) is 32.6 Å². The van der Waals surface area contributed by atoms with E-state index in [4.69, 9.17) is 4.74 Å². The van der Waals surface area contributed by atoms with Gasteiger partial charge in [0.1, 0.15) is 10.6 Å². The maximum atomic E-state index is 12.2. The first-order chi connectivity index (χ1) is 13.1. The van der Waals surface area contributed by atoms with Crippen LogP contribution in [0.3, 0.4) is 0 Å². The molecule has 1 amide bonds. The molecule has 7 heteroatoms. The lowest BCUT2D eigenvalue weighted by atomic mass is 10.1. The van der Waals surface area contributed by atoms with Crippen molar-refractivity contribution in [1.29, 1.82) is 0 Å². The van der Waals surface area contributed by atoms with Gasteiger partial charge in [-0.15, -0.1) is 22.7 Å². The van der Waals surface area contributed by atoms with E-state index >= 15 is 0 Å². The lowest BCUT2D eigenvalue weighted by Crippen LogP contribution is -2.24. The third-order valence-electron chi connectivity index (χ3n) is 3.91. The highest BCUT2D eigenvalue weighted by molar-refractivity contribution is 7.16. The number of thiophene rings is 2. The van der Waals surface area contributed by atoms with Crippen LogP contribution in [0.5, 0.6) is 5.75 Å². The van der Waals surface area contributed by atoms with E-state index in [-0.39, 0.29) is 5.91 Å². The fourth-order valence-corrected chi connectivity index (χ4v) is 4.44. The van der Waals surface area contributed by atoms with Crippen LogP contribution in [0.15, 0.2) is 48.5 Å². The van der Waals surface area contributed by atoms with Gasteiger partial charge in [-0.2, -0.15) is 0 Å². The first kappa shape index (κ1) is 19.1. The second-order valence-electron chi connectivity index (χ2n) is 5.63. The Morgan fingerprint density at radius 2 is 1.74 bits per heavy atom. The summed E-state index contributed by atoms with van der Waals surface area (Å²) in [5, 5.41) is 2.89. The summed E-state index contributed by atoms with van der Waals surface area (Å²) in [6.45, 7) is 0.524. The number of hydrogen-bond donors (Lipinski definition) is 1. The third-order valence-corrected chi connectivity index (χ3v) is 6.15. The van der Waals surface area contributed by atoms with E-state index in [0.717, 1.165) is 33.9 Å². The maximum absolute atomic E-state index is 12.2. The largest absolute Gasteiger partial charge is 0.496 e. The van der Waals surface area contributed by atoms with E-state index < -0.39 is 5.97 Å². The first-order valence-corrected chi connectivity index (χ1v) is 9.94. The van der Waals surface area contributed by atoms with Crippen LogP contribution < -0.4 is 10.1 Å². The summed E-state index contributed by atoms with van der Waals surface area (Å²) in [5.41, 5.74) is 1.06. The molecule has 0 atom stereocenters. The SMILES string of the molecule is COC(=O)c1ccc(C(=O)NCCc2ccc(-c3ccccc3OC)s2)s1. The predicted octanol–water partition coefficient (Wildman–Crippen LogP) is 4.24. The Kier molecular flexibility index (Phi) is 6.26. The Bertz CT molecular complexity index is 945. The minimum Gasteiger partial charge on any atom is -0.496 e. The van der Waals surface area contributed by atoms with Crippen molar-refractivity contribution >= 4 is 34.6 Å². The fraction of sp³-hybridized carbons (Fsp3) is 0.200. The highest BCUT2D eigenvalue weighted by Gasteiger charge is 2.14. The summed E-state index contributed by atoms with van der Waals surface area (Å²) in [6, 6.07) is 15.3. The molecule has 2 aromatic heterocycles. The average molecular weight is 402 g/mol. The fourth-order valence-electron chi connectivity index (χ4n) is 2.56. The summed E-state index contributed by atoms with van der Waals surface area (Å²) in [4.78, 5) is 26.9. The van der Waals surface area contributed by atoms with E-state index in [2.05, 4.69) is 22.2 Å². The predicted molar refractivity (Wildman–Crippen MR) is 108 cm³/mol. The van der Waals surface area contributed by atoms with Crippen molar-refractivity contribution in [2.24, 2.45) is 0 Å². The molecule has 0 aliphatic carbocycles. The summed E-state index contributed by atoms with van der Waals surface area (Å²) >= 11 is 2.81. The van der Waals surface area contributed by atoms with Crippen LogP contribution in [-0.2, 0) is 11.2 Å². The van der Waals surface area contributed by atoms with Crippen molar-refractivity contribution in [2.75, 3.05) is 20.8 Å². The summed E-state index contributed by atoms with van der Waals surface area (Å²) in [5.74, 6) is 0.233. The molecule has 1 N–H and O–H groups in total. The number of benzene rings is 1. The molecular weight excluding hydrogens is 382 g/mol. The van der Waals surface area contributed by atoms with Gasteiger partial charge < -0.3 is 14.8 Å². The summed E-state index contributed by atoms with van der Waals surface area (Å²) in [7, 11) is 2.99. The van der Waals surface area contributed by atoms with Crippen molar-refractivity contribution in [3.05, 3.63) is 63.2 Å². The van der Waals surface area contributed by atoms with E-state index in [0.29, 0.717) is 16.3 Å². The standard InChI is InChI=1S/C20H19NO4S2/c1-24-15-6-4-3-5-14(15)16-8-7-13(26-16)11-12-21-19(22)17-9-10-18(27-17)20(23)25-2/h3-10H,11-12H2,1-2H3,(H,21,22). The molecule has 0 aliphatic heterocycles. The molecule has 27 heavy (non-hydrogen) atoms. The Hall–Kier alpha value is -2.64. The zero-order valence-corrected chi connectivity index (χ0v) is 16.6. The van der Waals surface area contributed by atoms with Crippen molar-refractivity contribution in [3.8, 4) is 16.2 Å². The first-order valence-electron chi connectivity index (χ1n) is 8.31. The molecule has 0 unspecified atom stereocenters. The van der Waals surface area contributed by atoms with Crippen molar-refractivity contribution in [3.63, 3.8) is 0 Å². The van der Waals surface area contributed by atoms with Gasteiger partial charge in [-0.3, -0.25) is 4.79 Å². The van der Waals surface area contributed by atoms with Crippen LogP contribution in [0.25, 0.3) is 10.4 Å². The van der Waals surface area contributed by atoms with Crippen LogP contribution in [0.4, 0.5) is 0 Å². The van der Waals surface area contributed by atoms with Gasteiger partial charge in [-0.25, -0.2) is 4.79 Å². The van der Waals surface area contributed by atoms with E-state index in [9.17, 15) is 9.59 Å². The van der Waals surface area contributed by atoms with Crippen molar-refractivity contribution in [2.45, 2.75) is 6.42 Å². The maximum Gasteiger partial charge on any atom is 0.348 e. The Labute approximate surface area is 165 Å². The Morgan fingerprint density at radius 1 is 0.963 bits per heavy atom. The minimum absolute atomic E-state index is 0.184. The molecule has 3 rings (SSSR count). The molecule has 5 nitrogen and oxygen atoms in total. The molecule has 0 spiro atoms. The molecule has 0 saturated heterocycles. The van der Waals surface area contributed by atoms with Crippen LogP contribution in [0, 0.1) is 0 Å². The number of carbonyl (C=O) groups excluding carboxylic acids is 2.